The smallest absolute Gasteiger partial charge is 0.336 e. The van der Waals surface area contributed by atoms with E-state index in [0.29, 0.717) is 17.9 Å². The first kappa shape index (κ1) is 20.6. The number of aliphatic carboxylic acids is 1. The van der Waals surface area contributed by atoms with Crippen LogP contribution < -0.4 is 10.5 Å². The Morgan fingerprint density at radius 2 is 1.59 bits per heavy atom. The Balaban J connectivity index is 1.92. The highest BCUT2D eigenvalue weighted by Crippen LogP contribution is 2.21. The van der Waals surface area contributed by atoms with E-state index in [1.54, 1.807) is 30.3 Å². The average molecular weight is 367 g/mol. The molecule has 27 heavy (non-hydrogen) atoms. The van der Waals surface area contributed by atoms with Crippen molar-refractivity contribution in [3.8, 4) is 5.75 Å². The third-order valence-electron chi connectivity index (χ3n) is 4.41. The van der Waals surface area contributed by atoms with Crippen molar-refractivity contribution in [2.75, 3.05) is 12.3 Å². The van der Waals surface area contributed by atoms with Crippen molar-refractivity contribution in [1.82, 2.24) is 0 Å². The lowest BCUT2D eigenvalue weighted by molar-refractivity contribution is -0.130. The summed E-state index contributed by atoms with van der Waals surface area (Å²) in [5.41, 5.74) is 7.95. The van der Waals surface area contributed by atoms with Crippen LogP contribution >= 0.6 is 0 Å². The van der Waals surface area contributed by atoms with E-state index in [4.69, 9.17) is 10.5 Å². The van der Waals surface area contributed by atoms with Gasteiger partial charge in [0.2, 0.25) is 0 Å². The van der Waals surface area contributed by atoms with Gasteiger partial charge in [-0.05, 0) is 47.9 Å². The number of rotatable bonds is 11. The standard InChI is InChI=1S/C23H29NO3/c1-2-3-4-5-6-7-16-27-21-14-8-18(9-15-21)17-22(23(25)26)19-10-12-20(24)13-11-19/h8-15,17H,2-7,16,24H2,1H3,(H,25,26). The minimum Gasteiger partial charge on any atom is -0.494 e. The SMILES string of the molecule is CCCCCCCCOc1ccc(C=C(C(=O)O)c2ccc(N)cc2)cc1. The van der Waals surface area contributed by atoms with Crippen LogP contribution in [-0.4, -0.2) is 17.7 Å². The molecule has 0 amide bonds. The summed E-state index contributed by atoms with van der Waals surface area (Å²) in [6, 6.07) is 14.3. The highest BCUT2D eigenvalue weighted by atomic mass is 16.5. The van der Waals surface area contributed by atoms with E-state index in [9.17, 15) is 9.90 Å². The number of nitrogens with two attached hydrogens (primary N) is 1. The van der Waals surface area contributed by atoms with Crippen LogP contribution in [-0.2, 0) is 4.79 Å². The topological polar surface area (TPSA) is 72.5 Å². The summed E-state index contributed by atoms with van der Waals surface area (Å²) < 4.78 is 5.77. The van der Waals surface area contributed by atoms with Gasteiger partial charge in [-0.15, -0.1) is 0 Å². The highest BCUT2D eigenvalue weighted by Gasteiger charge is 2.10. The number of hydrogen-bond acceptors (Lipinski definition) is 3. The number of hydrogen-bond donors (Lipinski definition) is 2. The van der Waals surface area contributed by atoms with Crippen LogP contribution in [0.5, 0.6) is 5.75 Å². The fourth-order valence-electron chi connectivity index (χ4n) is 2.83. The second-order valence-electron chi connectivity index (χ2n) is 6.67. The summed E-state index contributed by atoms with van der Waals surface area (Å²) in [4.78, 5) is 11.6. The summed E-state index contributed by atoms with van der Waals surface area (Å²) in [6.45, 7) is 2.93. The van der Waals surface area contributed by atoms with Crippen molar-refractivity contribution < 1.29 is 14.6 Å². The van der Waals surface area contributed by atoms with Crippen molar-refractivity contribution in [3.05, 3.63) is 59.7 Å². The maximum Gasteiger partial charge on any atom is 0.336 e. The van der Waals surface area contributed by atoms with Crippen LogP contribution in [0.3, 0.4) is 0 Å². The molecule has 0 aromatic heterocycles. The van der Waals surface area contributed by atoms with Crippen molar-refractivity contribution in [3.63, 3.8) is 0 Å². The van der Waals surface area contributed by atoms with Gasteiger partial charge in [-0.2, -0.15) is 0 Å². The average Bonchev–Trinajstić information content (AvgIpc) is 2.67. The van der Waals surface area contributed by atoms with Gasteiger partial charge in [0.25, 0.3) is 0 Å². The summed E-state index contributed by atoms with van der Waals surface area (Å²) in [6.07, 6.45) is 9.06. The van der Waals surface area contributed by atoms with Gasteiger partial charge in [0.05, 0.1) is 12.2 Å². The molecule has 2 aromatic rings. The van der Waals surface area contributed by atoms with Gasteiger partial charge >= 0.3 is 5.97 Å². The Labute approximate surface area is 161 Å². The molecule has 2 aromatic carbocycles. The maximum absolute atomic E-state index is 11.6. The van der Waals surface area contributed by atoms with Crippen LogP contribution in [0, 0.1) is 0 Å². The largest absolute Gasteiger partial charge is 0.494 e. The summed E-state index contributed by atoms with van der Waals surface area (Å²) in [5.74, 6) is -0.159. The number of benzene rings is 2. The summed E-state index contributed by atoms with van der Waals surface area (Å²) >= 11 is 0. The first-order valence-corrected chi connectivity index (χ1v) is 9.64. The lowest BCUT2D eigenvalue weighted by Crippen LogP contribution is -2.00. The molecule has 0 atom stereocenters. The Morgan fingerprint density at radius 1 is 0.963 bits per heavy atom. The molecule has 0 aliphatic heterocycles. The van der Waals surface area contributed by atoms with Crippen LogP contribution in [0.2, 0.25) is 0 Å². The third kappa shape index (κ3) is 7.18. The number of carboxylic acid groups (broad SMARTS) is 1. The number of nitrogen functional groups attached to an aromatic ring is 1. The van der Waals surface area contributed by atoms with Gasteiger partial charge in [-0.3, -0.25) is 0 Å². The van der Waals surface area contributed by atoms with Crippen LogP contribution in [0.25, 0.3) is 11.6 Å². The fraction of sp³-hybridized carbons (Fsp3) is 0.348. The third-order valence-corrected chi connectivity index (χ3v) is 4.41. The number of carbonyl (C=O) groups is 1. The van der Waals surface area contributed by atoms with Gasteiger partial charge in [0, 0.05) is 5.69 Å². The van der Waals surface area contributed by atoms with Crippen LogP contribution in [0.1, 0.15) is 56.6 Å². The van der Waals surface area contributed by atoms with Crippen LogP contribution in [0.15, 0.2) is 48.5 Å². The van der Waals surface area contributed by atoms with E-state index in [0.717, 1.165) is 17.7 Å². The Bertz CT molecular complexity index is 733. The molecule has 2 rings (SSSR count). The zero-order valence-corrected chi connectivity index (χ0v) is 16.0. The lowest BCUT2D eigenvalue weighted by Gasteiger charge is -2.07. The van der Waals surface area contributed by atoms with Gasteiger partial charge < -0.3 is 15.6 Å². The Morgan fingerprint density at radius 3 is 2.22 bits per heavy atom. The van der Waals surface area contributed by atoms with E-state index in [2.05, 4.69) is 6.92 Å². The highest BCUT2D eigenvalue weighted by molar-refractivity contribution is 6.20. The van der Waals surface area contributed by atoms with Crippen molar-refractivity contribution in [2.45, 2.75) is 45.4 Å². The molecule has 0 fully saturated rings. The minimum atomic E-state index is -0.969. The molecule has 0 unspecified atom stereocenters. The van der Waals surface area contributed by atoms with Gasteiger partial charge in [-0.1, -0.05) is 63.3 Å². The number of ether oxygens (including phenoxy) is 1. The summed E-state index contributed by atoms with van der Waals surface area (Å²) in [7, 11) is 0. The van der Waals surface area contributed by atoms with Gasteiger partial charge in [0.1, 0.15) is 5.75 Å². The Kier molecular flexibility index (Phi) is 8.43. The fourth-order valence-corrected chi connectivity index (χ4v) is 2.83. The lowest BCUT2D eigenvalue weighted by atomic mass is 10.0. The van der Waals surface area contributed by atoms with E-state index < -0.39 is 5.97 Å². The predicted octanol–water partition coefficient (Wildman–Crippen LogP) is 5.63. The second-order valence-corrected chi connectivity index (χ2v) is 6.67. The monoisotopic (exact) mass is 367 g/mol. The molecule has 4 nitrogen and oxygen atoms in total. The second kappa shape index (κ2) is 11.1. The zero-order valence-electron chi connectivity index (χ0n) is 16.0. The number of unbranched alkanes of at least 4 members (excludes halogenated alkanes) is 5. The van der Waals surface area contributed by atoms with Crippen molar-refractivity contribution in [2.24, 2.45) is 0 Å². The van der Waals surface area contributed by atoms with Crippen LogP contribution in [0.4, 0.5) is 5.69 Å². The summed E-state index contributed by atoms with van der Waals surface area (Å²) in [5, 5.41) is 9.51. The van der Waals surface area contributed by atoms with E-state index >= 15 is 0 Å². The van der Waals surface area contributed by atoms with Crippen molar-refractivity contribution >= 4 is 23.3 Å². The molecule has 3 N–H and O–H groups in total. The molecule has 0 saturated heterocycles. The van der Waals surface area contributed by atoms with E-state index in [1.165, 1.54) is 32.1 Å². The number of anilines is 1. The zero-order chi connectivity index (χ0) is 19.5. The van der Waals surface area contributed by atoms with E-state index in [-0.39, 0.29) is 5.57 Å². The molecular formula is C23H29NO3. The maximum atomic E-state index is 11.6. The molecular weight excluding hydrogens is 338 g/mol. The first-order chi connectivity index (χ1) is 13.1. The normalized spacial score (nSPS) is 11.4. The number of carboxylic acids is 1. The molecule has 0 bridgehead atoms. The van der Waals surface area contributed by atoms with Gasteiger partial charge in [-0.25, -0.2) is 4.79 Å². The molecule has 0 spiro atoms. The molecule has 0 aliphatic rings. The minimum absolute atomic E-state index is 0.232. The van der Waals surface area contributed by atoms with Crippen molar-refractivity contribution in [1.29, 1.82) is 0 Å². The predicted molar refractivity (Wildman–Crippen MR) is 112 cm³/mol. The first-order valence-electron chi connectivity index (χ1n) is 9.64. The molecule has 0 aliphatic carbocycles. The Hall–Kier alpha value is -2.75. The molecule has 4 heteroatoms. The van der Waals surface area contributed by atoms with E-state index in [1.807, 2.05) is 24.3 Å². The molecule has 0 saturated carbocycles. The molecule has 144 valence electrons. The van der Waals surface area contributed by atoms with Gasteiger partial charge in [0.15, 0.2) is 0 Å². The quantitative estimate of drug-likeness (QED) is 0.233. The molecule has 0 heterocycles. The molecule has 0 radical (unpaired) electrons.